The maximum atomic E-state index is 12.0. The second kappa shape index (κ2) is 4.45. The van der Waals surface area contributed by atoms with Crippen LogP contribution in [0.15, 0.2) is 0 Å². The van der Waals surface area contributed by atoms with Crippen LogP contribution in [0, 0.1) is 11.8 Å². The minimum Gasteiger partial charge on any atom is -0.299 e. The SMILES string of the molecule is CCC1CN(S(=O)(=O)CC2CC2)CCC1=O. The van der Waals surface area contributed by atoms with Gasteiger partial charge >= 0.3 is 0 Å². The number of piperidine rings is 1. The summed E-state index contributed by atoms with van der Waals surface area (Å²) >= 11 is 0. The average molecular weight is 245 g/mol. The van der Waals surface area contributed by atoms with Gasteiger partial charge in [-0.2, -0.15) is 0 Å². The molecule has 0 spiro atoms. The third-order valence-electron chi connectivity index (χ3n) is 3.52. The van der Waals surface area contributed by atoms with Crippen LogP contribution in [0.2, 0.25) is 0 Å². The first kappa shape index (κ1) is 12.0. The Morgan fingerprint density at radius 1 is 1.38 bits per heavy atom. The lowest BCUT2D eigenvalue weighted by atomic mass is 9.96. The Balaban J connectivity index is 2.01. The van der Waals surface area contributed by atoms with Gasteiger partial charge in [-0.05, 0) is 25.2 Å². The quantitative estimate of drug-likeness (QED) is 0.743. The van der Waals surface area contributed by atoms with Gasteiger partial charge in [-0.15, -0.1) is 0 Å². The maximum absolute atomic E-state index is 12.0. The molecule has 0 aromatic carbocycles. The molecule has 92 valence electrons. The number of hydrogen-bond donors (Lipinski definition) is 0. The maximum Gasteiger partial charge on any atom is 0.214 e. The van der Waals surface area contributed by atoms with Crippen LogP contribution in [0.25, 0.3) is 0 Å². The summed E-state index contributed by atoms with van der Waals surface area (Å²) in [5, 5.41) is 0. The third kappa shape index (κ3) is 2.63. The highest BCUT2D eigenvalue weighted by molar-refractivity contribution is 7.89. The zero-order valence-corrected chi connectivity index (χ0v) is 10.5. The van der Waals surface area contributed by atoms with Crippen LogP contribution in [-0.2, 0) is 14.8 Å². The molecule has 1 heterocycles. The molecule has 1 aliphatic heterocycles. The molecule has 5 heteroatoms. The molecule has 0 radical (unpaired) electrons. The lowest BCUT2D eigenvalue weighted by molar-refractivity contribution is -0.125. The number of carbonyl (C=O) groups is 1. The number of sulfonamides is 1. The number of carbonyl (C=O) groups excluding carboxylic acids is 1. The van der Waals surface area contributed by atoms with Crippen molar-refractivity contribution < 1.29 is 13.2 Å². The first-order valence-electron chi connectivity index (χ1n) is 6.03. The van der Waals surface area contributed by atoms with Gasteiger partial charge in [-0.25, -0.2) is 12.7 Å². The largest absolute Gasteiger partial charge is 0.299 e. The van der Waals surface area contributed by atoms with Crippen molar-refractivity contribution in [3.8, 4) is 0 Å². The van der Waals surface area contributed by atoms with E-state index < -0.39 is 10.0 Å². The predicted octanol–water partition coefficient (Wildman–Crippen LogP) is 1.03. The zero-order valence-electron chi connectivity index (χ0n) is 9.68. The van der Waals surface area contributed by atoms with Crippen molar-refractivity contribution >= 4 is 15.8 Å². The second-order valence-corrected chi connectivity index (χ2v) is 6.91. The van der Waals surface area contributed by atoms with Gasteiger partial charge in [0.1, 0.15) is 5.78 Å². The second-order valence-electron chi connectivity index (χ2n) is 4.90. The van der Waals surface area contributed by atoms with Gasteiger partial charge in [0.15, 0.2) is 0 Å². The standard InChI is InChI=1S/C11H19NO3S/c1-2-10-7-12(6-5-11(10)13)16(14,15)8-9-3-4-9/h9-10H,2-8H2,1H3. The van der Waals surface area contributed by atoms with E-state index in [-0.39, 0.29) is 17.5 Å². The predicted molar refractivity (Wildman–Crippen MR) is 61.5 cm³/mol. The molecule has 1 saturated carbocycles. The molecule has 0 N–H and O–H groups in total. The molecule has 1 saturated heterocycles. The van der Waals surface area contributed by atoms with Crippen LogP contribution in [0.1, 0.15) is 32.6 Å². The Labute approximate surface area is 97.1 Å². The van der Waals surface area contributed by atoms with Crippen LogP contribution in [0.5, 0.6) is 0 Å². The number of hydrogen-bond acceptors (Lipinski definition) is 3. The van der Waals surface area contributed by atoms with Gasteiger partial charge in [-0.3, -0.25) is 4.79 Å². The molecular formula is C11H19NO3S. The molecule has 2 fully saturated rings. The van der Waals surface area contributed by atoms with Crippen molar-refractivity contribution in [2.75, 3.05) is 18.8 Å². The molecule has 2 rings (SSSR count). The fraction of sp³-hybridized carbons (Fsp3) is 0.909. The fourth-order valence-electron chi connectivity index (χ4n) is 2.18. The van der Waals surface area contributed by atoms with E-state index in [0.717, 1.165) is 19.3 Å². The van der Waals surface area contributed by atoms with Crippen LogP contribution in [-0.4, -0.2) is 37.3 Å². The van der Waals surface area contributed by atoms with Crippen LogP contribution in [0.4, 0.5) is 0 Å². The van der Waals surface area contributed by atoms with Gasteiger partial charge in [0.2, 0.25) is 10.0 Å². The summed E-state index contributed by atoms with van der Waals surface area (Å²) in [5.74, 6) is 0.809. The van der Waals surface area contributed by atoms with Crippen LogP contribution in [0.3, 0.4) is 0 Å². The summed E-state index contributed by atoms with van der Waals surface area (Å²) in [6.45, 7) is 2.74. The van der Waals surface area contributed by atoms with Gasteiger partial charge in [0.25, 0.3) is 0 Å². The molecule has 0 aromatic rings. The van der Waals surface area contributed by atoms with E-state index >= 15 is 0 Å². The van der Waals surface area contributed by atoms with Crippen molar-refractivity contribution in [2.45, 2.75) is 32.6 Å². The molecule has 0 bridgehead atoms. The van der Waals surface area contributed by atoms with Crippen LogP contribution < -0.4 is 0 Å². The van der Waals surface area contributed by atoms with Gasteiger partial charge in [0.05, 0.1) is 5.75 Å². The highest BCUT2D eigenvalue weighted by Crippen LogP contribution is 2.32. The van der Waals surface area contributed by atoms with Crippen molar-refractivity contribution in [1.82, 2.24) is 4.31 Å². The van der Waals surface area contributed by atoms with Gasteiger partial charge < -0.3 is 0 Å². The van der Waals surface area contributed by atoms with Crippen molar-refractivity contribution in [3.63, 3.8) is 0 Å². The summed E-state index contributed by atoms with van der Waals surface area (Å²) in [7, 11) is -3.11. The van der Waals surface area contributed by atoms with E-state index in [4.69, 9.17) is 0 Å². The zero-order chi connectivity index (χ0) is 11.8. The number of rotatable bonds is 4. The highest BCUT2D eigenvalue weighted by Gasteiger charge is 2.36. The summed E-state index contributed by atoms with van der Waals surface area (Å²) in [5.41, 5.74) is 0. The Morgan fingerprint density at radius 2 is 2.06 bits per heavy atom. The summed E-state index contributed by atoms with van der Waals surface area (Å²) in [4.78, 5) is 11.5. The van der Waals surface area contributed by atoms with E-state index in [1.165, 1.54) is 4.31 Å². The Hall–Kier alpha value is -0.420. The summed E-state index contributed by atoms with van der Waals surface area (Å²) < 4.78 is 25.6. The molecule has 0 amide bonds. The minimum absolute atomic E-state index is 0.0808. The molecule has 1 atom stereocenters. The number of nitrogens with zero attached hydrogens (tertiary/aromatic N) is 1. The highest BCUT2D eigenvalue weighted by atomic mass is 32.2. The monoisotopic (exact) mass is 245 g/mol. The first-order valence-corrected chi connectivity index (χ1v) is 7.64. The molecule has 2 aliphatic rings. The fourth-order valence-corrected chi connectivity index (χ4v) is 4.09. The minimum atomic E-state index is -3.11. The lowest BCUT2D eigenvalue weighted by Gasteiger charge is -2.30. The third-order valence-corrected chi connectivity index (χ3v) is 5.53. The molecular weight excluding hydrogens is 226 g/mol. The molecule has 0 aromatic heterocycles. The van der Waals surface area contributed by atoms with E-state index in [2.05, 4.69) is 0 Å². The van der Waals surface area contributed by atoms with E-state index in [1.807, 2.05) is 6.92 Å². The Kier molecular flexibility index (Phi) is 3.35. The van der Waals surface area contributed by atoms with Crippen LogP contribution >= 0.6 is 0 Å². The first-order chi connectivity index (χ1) is 7.53. The average Bonchev–Trinajstić information content (AvgIpc) is 3.01. The van der Waals surface area contributed by atoms with Gasteiger partial charge in [-0.1, -0.05) is 6.92 Å². The Morgan fingerprint density at radius 3 is 2.62 bits per heavy atom. The Bertz CT molecular complexity index is 373. The molecule has 1 aliphatic carbocycles. The van der Waals surface area contributed by atoms with Crippen molar-refractivity contribution in [2.24, 2.45) is 11.8 Å². The smallest absolute Gasteiger partial charge is 0.214 e. The molecule has 4 nitrogen and oxygen atoms in total. The summed E-state index contributed by atoms with van der Waals surface area (Å²) in [6, 6.07) is 0. The van der Waals surface area contributed by atoms with E-state index in [1.54, 1.807) is 0 Å². The number of Topliss-reactive ketones (excluding diaryl/α,β-unsaturated/α-hetero) is 1. The lowest BCUT2D eigenvalue weighted by Crippen LogP contribution is -2.45. The van der Waals surface area contributed by atoms with E-state index in [9.17, 15) is 13.2 Å². The molecule has 16 heavy (non-hydrogen) atoms. The topological polar surface area (TPSA) is 54.5 Å². The normalized spacial score (nSPS) is 28.3. The molecule has 1 unspecified atom stereocenters. The summed E-state index contributed by atoms with van der Waals surface area (Å²) in [6.07, 6.45) is 3.23. The van der Waals surface area contributed by atoms with E-state index in [0.29, 0.717) is 25.4 Å². The van der Waals surface area contributed by atoms with Crippen molar-refractivity contribution in [3.05, 3.63) is 0 Å². The van der Waals surface area contributed by atoms with Gasteiger partial charge in [0, 0.05) is 25.4 Å². The van der Waals surface area contributed by atoms with Crippen molar-refractivity contribution in [1.29, 1.82) is 0 Å². The number of ketones is 1.